The summed E-state index contributed by atoms with van der Waals surface area (Å²) in [6, 6.07) is 15.1. The Morgan fingerprint density at radius 3 is 2.48 bits per heavy atom. The molecule has 114 valence electrons. The molecular formula is C18H25NOS. The van der Waals surface area contributed by atoms with Crippen LogP contribution < -0.4 is 10.1 Å². The molecule has 21 heavy (non-hydrogen) atoms. The van der Waals surface area contributed by atoms with E-state index >= 15 is 0 Å². The number of thiophene rings is 1. The van der Waals surface area contributed by atoms with Gasteiger partial charge < -0.3 is 10.1 Å². The van der Waals surface area contributed by atoms with Gasteiger partial charge >= 0.3 is 0 Å². The van der Waals surface area contributed by atoms with E-state index in [0.29, 0.717) is 6.04 Å². The fourth-order valence-electron chi connectivity index (χ4n) is 2.37. The summed E-state index contributed by atoms with van der Waals surface area (Å²) in [4.78, 5) is 2.94. The van der Waals surface area contributed by atoms with Crippen LogP contribution in [0.15, 0.2) is 42.5 Å². The second-order valence-electron chi connectivity index (χ2n) is 5.13. The molecule has 0 amide bonds. The van der Waals surface area contributed by atoms with E-state index in [0.717, 1.165) is 38.2 Å². The summed E-state index contributed by atoms with van der Waals surface area (Å²) in [6.07, 6.45) is 3.26. The van der Waals surface area contributed by atoms with Gasteiger partial charge in [-0.05, 0) is 50.1 Å². The highest BCUT2D eigenvalue weighted by atomic mass is 32.1. The maximum atomic E-state index is 5.81. The molecule has 2 rings (SSSR count). The summed E-state index contributed by atoms with van der Waals surface area (Å²) in [6.45, 7) is 6.14. The van der Waals surface area contributed by atoms with Gasteiger partial charge in [-0.3, -0.25) is 0 Å². The standard InChI is InChI=1S/C18H25NOS/c1-3-17-10-11-18(21-17)14-15(19-4-2)12-13-20-16-8-6-5-7-9-16/h5-11,15,19H,3-4,12-14H2,1-2H3. The lowest BCUT2D eigenvalue weighted by Gasteiger charge is -2.17. The van der Waals surface area contributed by atoms with Crippen molar-refractivity contribution in [1.82, 2.24) is 5.32 Å². The normalized spacial score (nSPS) is 12.3. The second-order valence-corrected chi connectivity index (χ2v) is 6.38. The molecule has 0 bridgehead atoms. The van der Waals surface area contributed by atoms with E-state index in [2.05, 4.69) is 31.3 Å². The van der Waals surface area contributed by atoms with E-state index < -0.39 is 0 Å². The van der Waals surface area contributed by atoms with E-state index in [4.69, 9.17) is 4.74 Å². The maximum Gasteiger partial charge on any atom is 0.119 e. The molecule has 1 N–H and O–H groups in total. The summed E-state index contributed by atoms with van der Waals surface area (Å²) in [5.41, 5.74) is 0. The Morgan fingerprint density at radius 1 is 1.05 bits per heavy atom. The molecule has 0 saturated heterocycles. The number of ether oxygens (including phenoxy) is 1. The lowest BCUT2D eigenvalue weighted by molar-refractivity contribution is 0.286. The minimum absolute atomic E-state index is 0.488. The second kappa shape index (κ2) is 8.85. The van der Waals surface area contributed by atoms with E-state index in [1.54, 1.807) is 0 Å². The monoisotopic (exact) mass is 303 g/mol. The molecule has 0 fully saturated rings. The molecule has 0 saturated carbocycles. The molecule has 1 heterocycles. The van der Waals surface area contributed by atoms with Crippen molar-refractivity contribution in [3.63, 3.8) is 0 Å². The van der Waals surface area contributed by atoms with Crippen LogP contribution in [0.2, 0.25) is 0 Å². The average molecular weight is 303 g/mol. The van der Waals surface area contributed by atoms with Gasteiger partial charge in [0.15, 0.2) is 0 Å². The van der Waals surface area contributed by atoms with Crippen molar-refractivity contribution < 1.29 is 4.74 Å². The Bertz CT molecular complexity index is 509. The highest BCUT2D eigenvalue weighted by Gasteiger charge is 2.10. The predicted octanol–water partition coefficient (Wildman–Crippen LogP) is 4.30. The van der Waals surface area contributed by atoms with Crippen LogP contribution in [0.25, 0.3) is 0 Å². The number of rotatable bonds is 9. The lowest BCUT2D eigenvalue weighted by Crippen LogP contribution is -2.32. The third-order valence-corrected chi connectivity index (χ3v) is 4.74. The molecule has 1 aromatic carbocycles. The largest absolute Gasteiger partial charge is 0.494 e. The van der Waals surface area contributed by atoms with Crippen LogP contribution in [0.4, 0.5) is 0 Å². The minimum atomic E-state index is 0.488. The molecule has 0 spiro atoms. The van der Waals surface area contributed by atoms with Crippen LogP contribution in [0.5, 0.6) is 5.75 Å². The Kier molecular flexibility index (Phi) is 6.77. The summed E-state index contributed by atoms with van der Waals surface area (Å²) in [5, 5.41) is 3.57. The molecule has 2 nitrogen and oxygen atoms in total. The Hall–Kier alpha value is -1.32. The molecule has 1 aromatic heterocycles. The van der Waals surface area contributed by atoms with Crippen LogP contribution in [0, 0.1) is 0 Å². The van der Waals surface area contributed by atoms with Crippen molar-refractivity contribution in [2.45, 2.75) is 39.2 Å². The van der Waals surface area contributed by atoms with E-state index in [9.17, 15) is 0 Å². The van der Waals surface area contributed by atoms with Gasteiger partial charge in [-0.1, -0.05) is 32.0 Å². The topological polar surface area (TPSA) is 21.3 Å². The van der Waals surface area contributed by atoms with E-state index in [1.807, 2.05) is 41.7 Å². The smallest absolute Gasteiger partial charge is 0.119 e. The molecule has 1 unspecified atom stereocenters. The van der Waals surface area contributed by atoms with Gasteiger partial charge in [0, 0.05) is 15.8 Å². The van der Waals surface area contributed by atoms with Crippen molar-refractivity contribution in [2.75, 3.05) is 13.2 Å². The molecule has 2 aromatic rings. The Balaban J connectivity index is 1.81. The number of para-hydroxylation sites is 1. The van der Waals surface area contributed by atoms with Gasteiger partial charge in [0.2, 0.25) is 0 Å². The first-order valence-electron chi connectivity index (χ1n) is 7.80. The molecule has 0 aliphatic heterocycles. The van der Waals surface area contributed by atoms with Crippen LogP contribution >= 0.6 is 11.3 Å². The van der Waals surface area contributed by atoms with Crippen LogP contribution in [0.1, 0.15) is 30.0 Å². The first kappa shape index (κ1) is 16.1. The zero-order valence-corrected chi connectivity index (χ0v) is 13.8. The van der Waals surface area contributed by atoms with Gasteiger partial charge in [0.1, 0.15) is 5.75 Å². The maximum absolute atomic E-state index is 5.81. The number of aryl methyl sites for hydroxylation is 1. The summed E-state index contributed by atoms with van der Waals surface area (Å²) in [5.74, 6) is 0.956. The zero-order valence-electron chi connectivity index (χ0n) is 13.0. The number of benzene rings is 1. The lowest BCUT2D eigenvalue weighted by atomic mass is 10.1. The van der Waals surface area contributed by atoms with Crippen LogP contribution in [0.3, 0.4) is 0 Å². The van der Waals surface area contributed by atoms with Crippen molar-refractivity contribution >= 4 is 11.3 Å². The summed E-state index contributed by atoms with van der Waals surface area (Å²) >= 11 is 1.94. The third-order valence-electron chi connectivity index (χ3n) is 3.48. The number of hydrogen-bond acceptors (Lipinski definition) is 3. The van der Waals surface area contributed by atoms with Gasteiger partial charge in [-0.25, -0.2) is 0 Å². The number of likely N-dealkylation sites (N-methyl/N-ethyl adjacent to an activating group) is 1. The quantitative estimate of drug-likeness (QED) is 0.745. The molecule has 3 heteroatoms. The van der Waals surface area contributed by atoms with Gasteiger partial charge in [-0.15, -0.1) is 11.3 Å². The first-order valence-corrected chi connectivity index (χ1v) is 8.62. The highest BCUT2D eigenvalue weighted by molar-refractivity contribution is 7.11. The average Bonchev–Trinajstić information content (AvgIpc) is 2.96. The van der Waals surface area contributed by atoms with Crippen molar-refractivity contribution in [3.05, 3.63) is 52.2 Å². The summed E-state index contributed by atoms with van der Waals surface area (Å²) < 4.78 is 5.81. The summed E-state index contributed by atoms with van der Waals surface area (Å²) in [7, 11) is 0. The van der Waals surface area contributed by atoms with Crippen molar-refractivity contribution in [2.24, 2.45) is 0 Å². The molecular weight excluding hydrogens is 278 g/mol. The number of hydrogen-bond donors (Lipinski definition) is 1. The van der Waals surface area contributed by atoms with Gasteiger partial charge in [0.25, 0.3) is 0 Å². The third kappa shape index (κ3) is 5.52. The SMILES string of the molecule is CCNC(CCOc1ccccc1)Cc1ccc(CC)s1. The first-order chi connectivity index (χ1) is 10.3. The zero-order chi connectivity index (χ0) is 14.9. The van der Waals surface area contributed by atoms with Crippen LogP contribution in [-0.2, 0) is 12.8 Å². The molecule has 1 atom stereocenters. The van der Waals surface area contributed by atoms with Crippen molar-refractivity contribution in [1.29, 1.82) is 0 Å². The predicted molar refractivity (Wildman–Crippen MR) is 91.4 cm³/mol. The van der Waals surface area contributed by atoms with E-state index in [-0.39, 0.29) is 0 Å². The number of nitrogens with one attached hydrogen (secondary N) is 1. The Labute approximate surface area is 132 Å². The minimum Gasteiger partial charge on any atom is -0.494 e. The van der Waals surface area contributed by atoms with Crippen LogP contribution in [-0.4, -0.2) is 19.2 Å². The fraction of sp³-hybridized carbons (Fsp3) is 0.444. The molecule has 0 radical (unpaired) electrons. The van der Waals surface area contributed by atoms with Crippen molar-refractivity contribution in [3.8, 4) is 5.75 Å². The molecule has 0 aliphatic carbocycles. The van der Waals surface area contributed by atoms with Gasteiger partial charge in [0.05, 0.1) is 6.61 Å². The fourth-order valence-corrected chi connectivity index (χ4v) is 3.40. The van der Waals surface area contributed by atoms with Gasteiger partial charge in [-0.2, -0.15) is 0 Å². The van der Waals surface area contributed by atoms with E-state index in [1.165, 1.54) is 9.75 Å². The highest BCUT2D eigenvalue weighted by Crippen LogP contribution is 2.19. The molecule has 0 aliphatic rings. The Morgan fingerprint density at radius 2 is 1.81 bits per heavy atom.